The molecule has 0 bridgehead atoms. The predicted octanol–water partition coefficient (Wildman–Crippen LogP) is 1.72. The van der Waals surface area contributed by atoms with E-state index in [4.69, 9.17) is 5.11 Å². The van der Waals surface area contributed by atoms with Gasteiger partial charge in [-0.1, -0.05) is 13.3 Å². The Morgan fingerprint density at radius 3 is 3.00 bits per heavy atom. The number of amides is 2. The van der Waals surface area contributed by atoms with E-state index in [0.29, 0.717) is 11.6 Å². The summed E-state index contributed by atoms with van der Waals surface area (Å²) >= 11 is 0. The first-order chi connectivity index (χ1) is 9.60. The van der Waals surface area contributed by atoms with Gasteiger partial charge in [0.05, 0.1) is 17.8 Å². The van der Waals surface area contributed by atoms with Gasteiger partial charge in [0.25, 0.3) is 0 Å². The highest BCUT2D eigenvalue weighted by molar-refractivity contribution is 5.87. The van der Waals surface area contributed by atoms with Crippen molar-refractivity contribution in [2.24, 2.45) is 5.92 Å². The molecule has 108 valence electrons. The van der Waals surface area contributed by atoms with E-state index in [1.54, 1.807) is 4.90 Å². The van der Waals surface area contributed by atoms with Crippen LogP contribution in [0.2, 0.25) is 0 Å². The molecule has 20 heavy (non-hydrogen) atoms. The normalized spacial score (nSPS) is 18.1. The Morgan fingerprint density at radius 2 is 2.35 bits per heavy atom. The van der Waals surface area contributed by atoms with Crippen LogP contribution in [0.3, 0.4) is 0 Å². The molecule has 6 nitrogen and oxygen atoms in total. The van der Waals surface area contributed by atoms with Gasteiger partial charge in [-0.3, -0.25) is 4.98 Å². The maximum absolute atomic E-state index is 12.0. The van der Waals surface area contributed by atoms with Gasteiger partial charge in [0.15, 0.2) is 0 Å². The molecule has 1 unspecified atom stereocenters. The van der Waals surface area contributed by atoms with Gasteiger partial charge in [0, 0.05) is 19.3 Å². The van der Waals surface area contributed by atoms with Crippen LogP contribution in [0.15, 0.2) is 18.3 Å². The highest BCUT2D eigenvalue weighted by atomic mass is 16.4. The molecule has 2 amide bonds. The molecule has 0 radical (unpaired) electrons. The lowest BCUT2D eigenvalue weighted by atomic mass is 10.1. The number of urea groups is 1. The average Bonchev–Trinajstić information content (AvgIpc) is 2.94. The summed E-state index contributed by atoms with van der Waals surface area (Å²) in [5.74, 6) is -0.403. The molecule has 1 aliphatic rings. The summed E-state index contributed by atoms with van der Waals surface area (Å²) in [4.78, 5) is 28.7. The van der Waals surface area contributed by atoms with Crippen molar-refractivity contribution in [3.63, 3.8) is 0 Å². The minimum atomic E-state index is -0.995. The minimum Gasteiger partial charge on any atom is -0.478 e. The van der Waals surface area contributed by atoms with E-state index in [1.165, 1.54) is 18.3 Å². The van der Waals surface area contributed by atoms with Crippen molar-refractivity contribution in [3.05, 3.63) is 29.6 Å². The van der Waals surface area contributed by atoms with Crippen LogP contribution in [0.1, 0.15) is 35.8 Å². The summed E-state index contributed by atoms with van der Waals surface area (Å²) < 4.78 is 0. The van der Waals surface area contributed by atoms with Gasteiger partial charge in [-0.05, 0) is 24.5 Å². The Morgan fingerprint density at radius 1 is 1.55 bits per heavy atom. The van der Waals surface area contributed by atoms with Gasteiger partial charge in [-0.25, -0.2) is 9.59 Å². The van der Waals surface area contributed by atoms with E-state index >= 15 is 0 Å². The quantitative estimate of drug-likeness (QED) is 0.878. The predicted molar refractivity (Wildman–Crippen MR) is 73.4 cm³/mol. The van der Waals surface area contributed by atoms with Crippen LogP contribution in [0, 0.1) is 5.92 Å². The number of pyridine rings is 1. The zero-order valence-corrected chi connectivity index (χ0v) is 11.5. The number of carbonyl (C=O) groups excluding carboxylic acids is 1. The molecule has 6 heteroatoms. The second kappa shape index (κ2) is 6.36. The summed E-state index contributed by atoms with van der Waals surface area (Å²) in [7, 11) is 0. The Labute approximate surface area is 117 Å². The van der Waals surface area contributed by atoms with Crippen molar-refractivity contribution in [2.75, 3.05) is 13.1 Å². The van der Waals surface area contributed by atoms with Gasteiger partial charge in [-0.15, -0.1) is 0 Å². The Bertz CT molecular complexity index is 504. The molecule has 0 aromatic carbocycles. The van der Waals surface area contributed by atoms with Gasteiger partial charge in [0.2, 0.25) is 0 Å². The lowest BCUT2D eigenvalue weighted by molar-refractivity contribution is 0.0696. The molecule has 1 atom stereocenters. The van der Waals surface area contributed by atoms with Crippen molar-refractivity contribution in [1.82, 2.24) is 15.2 Å². The van der Waals surface area contributed by atoms with Crippen molar-refractivity contribution in [2.45, 2.75) is 26.3 Å². The lowest BCUT2D eigenvalue weighted by Crippen LogP contribution is -2.38. The monoisotopic (exact) mass is 277 g/mol. The molecule has 0 spiro atoms. The molecular formula is C14H19N3O3. The standard InChI is InChI=1S/C14H19N3O3/c1-2-10-4-6-17(9-10)14(20)16-8-12-7-11(13(18)19)3-5-15-12/h3,5,7,10H,2,4,6,8-9H2,1H3,(H,16,20)(H,18,19). The van der Waals surface area contributed by atoms with Crippen LogP contribution >= 0.6 is 0 Å². The summed E-state index contributed by atoms with van der Waals surface area (Å²) in [6.07, 6.45) is 3.58. The molecule has 2 N–H and O–H groups in total. The molecular weight excluding hydrogens is 258 g/mol. The van der Waals surface area contributed by atoms with E-state index in [9.17, 15) is 9.59 Å². The topological polar surface area (TPSA) is 82.5 Å². The molecule has 0 saturated carbocycles. The molecule has 1 saturated heterocycles. The number of hydrogen-bond donors (Lipinski definition) is 2. The maximum atomic E-state index is 12.0. The fraction of sp³-hybridized carbons (Fsp3) is 0.500. The SMILES string of the molecule is CCC1CCN(C(=O)NCc2cc(C(=O)O)ccn2)C1. The van der Waals surface area contributed by atoms with Crippen LogP contribution in [0.4, 0.5) is 4.79 Å². The van der Waals surface area contributed by atoms with Gasteiger partial charge in [0.1, 0.15) is 0 Å². The second-order valence-corrected chi connectivity index (χ2v) is 5.01. The van der Waals surface area contributed by atoms with Gasteiger partial charge in [-0.2, -0.15) is 0 Å². The Balaban J connectivity index is 1.87. The zero-order valence-electron chi connectivity index (χ0n) is 11.5. The van der Waals surface area contributed by atoms with Gasteiger partial charge >= 0.3 is 12.0 Å². The number of nitrogens with one attached hydrogen (secondary N) is 1. The highest BCUT2D eigenvalue weighted by Crippen LogP contribution is 2.18. The van der Waals surface area contributed by atoms with Crippen molar-refractivity contribution >= 4 is 12.0 Å². The molecule has 2 heterocycles. The van der Waals surface area contributed by atoms with E-state index in [-0.39, 0.29) is 18.1 Å². The Hall–Kier alpha value is -2.11. The second-order valence-electron chi connectivity index (χ2n) is 5.01. The van der Waals surface area contributed by atoms with Gasteiger partial charge < -0.3 is 15.3 Å². The first-order valence-electron chi connectivity index (χ1n) is 6.81. The summed E-state index contributed by atoms with van der Waals surface area (Å²) in [6.45, 7) is 3.96. The zero-order chi connectivity index (χ0) is 14.5. The largest absolute Gasteiger partial charge is 0.478 e. The molecule has 2 rings (SSSR count). The average molecular weight is 277 g/mol. The third-order valence-electron chi connectivity index (χ3n) is 3.63. The number of rotatable bonds is 4. The third kappa shape index (κ3) is 3.46. The summed E-state index contributed by atoms with van der Waals surface area (Å²) in [6, 6.07) is 2.80. The van der Waals surface area contributed by atoms with Crippen molar-refractivity contribution in [3.8, 4) is 0 Å². The van der Waals surface area contributed by atoms with Crippen LogP contribution in [-0.4, -0.2) is 40.1 Å². The van der Waals surface area contributed by atoms with E-state index < -0.39 is 5.97 Å². The highest BCUT2D eigenvalue weighted by Gasteiger charge is 2.24. The molecule has 1 aromatic heterocycles. The Kier molecular flexibility index (Phi) is 4.55. The van der Waals surface area contributed by atoms with Crippen molar-refractivity contribution in [1.29, 1.82) is 0 Å². The summed E-state index contributed by atoms with van der Waals surface area (Å²) in [5, 5.41) is 11.7. The number of likely N-dealkylation sites (tertiary alicyclic amines) is 1. The number of aromatic nitrogens is 1. The first kappa shape index (κ1) is 14.3. The molecule has 1 aliphatic heterocycles. The van der Waals surface area contributed by atoms with Crippen LogP contribution in [0.25, 0.3) is 0 Å². The van der Waals surface area contributed by atoms with E-state index in [0.717, 1.165) is 25.9 Å². The molecule has 1 aromatic rings. The van der Waals surface area contributed by atoms with Crippen LogP contribution < -0.4 is 5.32 Å². The van der Waals surface area contributed by atoms with Crippen molar-refractivity contribution < 1.29 is 14.7 Å². The van der Waals surface area contributed by atoms with E-state index in [2.05, 4.69) is 17.2 Å². The van der Waals surface area contributed by atoms with Crippen LogP contribution in [-0.2, 0) is 6.54 Å². The third-order valence-corrected chi connectivity index (χ3v) is 3.63. The number of carboxylic acid groups (broad SMARTS) is 1. The van der Waals surface area contributed by atoms with Crippen LogP contribution in [0.5, 0.6) is 0 Å². The number of aromatic carboxylic acids is 1. The number of carboxylic acids is 1. The fourth-order valence-corrected chi connectivity index (χ4v) is 2.34. The number of nitrogens with zero attached hydrogens (tertiary/aromatic N) is 2. The minimum absolute atomic E-state index is 0.108. The molecule has 0 aliphatic carbocycles. The van der Waals surface area contributed by atoms with E-state index in [1.807, 2.05) is 0 Å². The first-order valence-corrected chi connectivity index (χ1v) is 6.81. The lowest BCUT2D eigenvalue weighted by Gasteiger charge is -2.17. The smallest absolute Gasteiger partial charge is 0.335 e. The number of carbonyl (C=O) groups is 2. The maximum Gasteiger partial charge on any atom is 0.335 e. The summed E-state index contributed by atoms with van der Waals surface area (Å²) in [5.41, 5.74) is 0.723. The fourth-order valence-electron chi connectivity index (χ4n) is 2.34. The molecule has 1 fully saturated rings. The number of hydrogen-bond acceptors (Lipinski definition) is 3.